The van der Waals surface area contributed by atoms with E-state index in [1.54, 1.807) is 0 Å². The predicted molar refractivity (Wildman–Crippen MR) is 59.6 cm³/mol. The van der Waals surface area contributed by atoms with Crippen molar-refractivity contribution in [1.29, 1.82) is 0 Å². The van der Waals surface area contributed by atoms with E-state index >= 15 is 0 Å². The molecule has 0 saturated heterocycles. The molecule has 0 aliphatic rings. The minimum atomic E-state index is 0.633. The lowest BCUT2D eigenvalue weighted by atomic mass is 10.00. The fourth-order valence-electron chi connectivity index (χ4n) is 1.44. The van der Waals surface area contributed by atoms with Crippen molar-refractivity contribution >= 4 is 0 Å². The zero-order chi connectivity index (χ0) is 10.1. The molecule has 0 spiro atoms. The third kappa shape index (κ3) is 7.87. The molecule has 1 nitrogen and oxygen atoms in total. The van der Waals surface area contributed by atoms with Crippen molar-refractivity contribution in [3.05, 3.63) is 0 Å². The zero-order valence-corrected chi connectivity index (χ0v) is 9.48. The highest BCUT2D eigenvalue weighted by Crippen LogP contribution is 2.09. The maximum absolute atomic E-state index is 3.49. The maximum atomic E-state index is 3.49. The predicted octanol–water partition coefficient (Wildman–Crippen LogP) is 2.81. The summed E-state index contributed by atoms with van der Waals surface area (Å²) in [5.74, 6) is 6.79. The Morgan fingerprint density at radius 2 is 2.00 bits per heavy atom. The van der Waals surface area contributed by atoms with Gasteiger partial charge >= 0.3 is 0 Å². The van der Waals surface area contributed by atoms with Crippen molar-refractivity contribution in [2.75, 3.05) is 6.54 Å². The first-order valence-electron chi connectivity index (χ1n) is 5.33. The normalized spacial score (nSPS) is 14.5. The van der Waals surface area contributed by atoms with Crippen LogP contribution in [0.2, 0.25) is 0 Å². The van der Waals surface area contributed by atoms with E-state index in [0.29, 0.717) is 12.0 Å². The summed E-state index contributed by atoms with van der Waals surface area (Å²) in [5, 5.41) is 3.49. The summed E-state index contributed by atoms with van der Waals surface area (Å²) >= 11 is 0. The summed E-state index contributed by atoms with van der Waals surface area (Å²) in [6, 6.07) is 0.633. The zero-order valence-electron chi connectivity index (χ0n) is 9.48. The highest BCUT2D eigenvalue weighted by molar-refractivity contribution is 4.96. The Morgan fingerprint density at radius 3 is 2.54 bits per heavy atom. The number of hydrogen-bond donors (Lipinski definition) is 1. The van der Waals surface area contributed by atoms with Crippen LogP contribution in [-0.4, -0.2) is 12.6 Å². The maximum Gasteiger partial charge on any atom is 0.0115 e. The van der Waals surface area contributed by atoms with Gasteiger partial charge in [-0.05, 0) is 39.2 Å². The van der Waals surface area contributed by atoms with Gasteiger partial charge in [-0.15, -0.1) is 11.8 Å². The minimum Gasteiger partial charge on any atom is -0.314 e. The molecule has 0 rings (SSSR count). The highest BCUT2D eigenvalue weighted by Gasteiger charge is 2.06. The number of nitrogens with one attached hydrogen (secondary N) is 1. The second-order valence-corrected chi connectivity index (χ2v) is 3.83. The van der Waals surface area contributed by atoms with Crippen LogP contribution >= 0.6 is 0 Å². The van der Waals surface area contributed by atoms with Gasteiger partial charge in [0.05, 0.1) is 0 Å². The van der Waals surface area contributed by atoms with Gasteiger partial charge in [0.25, 0.3) is 0 Å². The van der Waals surface area contributed by atoms with Gasteiger partial charge < -0.3 is 5.32 Å². The molecule has 2 atom stereocenters. The standard InChI is InChI=1S/C12H23N/c1-5-7-8-11(3)10-12(4)13-9-6-2/h11-13H,6,8-10H2,1-4H3. The summed E-state index contributed by atoms with van der Waals surface area (Å²) in [6.45, 7) is 9.77. The van der Waals surface area contributed by atoms with Crippen LogP contribution < -0.4 is 5.32 Å². The van der Waals surface area contributed by atoms with E-state index < -0.39 is 0 Å². The molecule has 0 bridgehead atoms. The molecule has 0 saturated carbocycles. The summed E-state index contributed by atoms with van der Waals surface area (Å²) in [4.78, 5) is 0. The topological polar surface area (TPSA) is 12.0 Å². The van der Waals surface area contributed by atoms with Crippen LogP contribution in [0.25, 0.3) is 0 Å². The second kappa shape index (κ2) is 8.13. The van der Waals surface area contributed by atoms with Crippen LogP contribution in [0.5, 0.6) is 0 Å². The molecule has 0 amide bonds. The van der Waals surface area contributed by atoms with E-state index in [1.807, 2.05) is 6.92 Å². The molecule has 0 radical (unpaired) electrons. The molecule has 2 unspecified atom stereocenters. The van der Waals surface area contributed by atoms with Crippen LogP contribution in [0.15, 0.2) is 0 Å². The van der Waals surface area contributed by atoms with Crippen molar-refractivity contribution in [3.63, 3.8) is 0 Å². The van der Waals surface area contributed by atoms with E-state index in [2.05, 4.69) is 37.9 Å². The molecule has 0 aromatic heterocycles. The molecule has 13 heavy (non-hydrogen) atoms. The molecule has 0 heterocycles. The Labute approximate surface area is 83.3 Å². The monoisotopic (exact) mass is 181 g/mol. The van der Waals surface area contributed by atoms with Crippen LogP contribution in [0.3, 0.4) is 0 Å². The Balaban J connectivity index is 3.50. The average Bonchev–Trinajstić information content (AvgIpc) is 2.11. The third-order valence-corrected chi connectivity index (χ3v) is 2.13. The summed E-state index contributed by atoms with van der Waals surface area (Å²) < 4.78 is 0. The van der Waals surface area contributed by atoms with E-state index in [0.717, 1.165) is 13.0 Å². The molecular formula is C12H23N. The molecule has 0 aliphatic heterocycles. The average molecular weight is 181 g/mol. The van der Waals surface area contributed by atoms with E-state index in [1.165, 1.54) is 12.8 Å². The lowest BCUT2D eigenvalue weighted by molar-refractivity contribution is 0.427. The van der Waals surface area contributed by atoms with Gasteiger partial charge in [-0.2, -0.15) is 0 Å². The lowest BCUT2D eigenvalue weighted by Crippen LogP contribution is -2.28. The fraction of sp³-hybridized carbons (Fsp3) is 0.833. The van der Waals surface area contributed by atoms with Gasteiger partial charge in [-0.25, -0.2) is 0 Å². The van der Waals surface area contributed by atoms with E-state index in [9.17, 15) is 0 Å². The first-order valence-corrected chi connectivity index (χ1v) is 5.33. The van der Waals surface area contributed by atoms with Gasteiger partial charge in [-0.1, -0.05) is 13.8 Å². The van der Waals surface area contributed by atoms with Crippen molar-refractivity contribution in [1.82, 2.24) is 5.32 Å². The summed E-state index contributed by atoms with van der Waals surface area (Å²) in [5.41, 5.74) is 0. The fourth-order valence-corrected chi connectivity index (χ4v) is 1.44. The van der Waals surface area contributed by atoms with Crippen molar-refractivity contribution in [2.45, 2.75) is 53.0 Å². The van der Waals surface area contributed by atoms with Gasteiger partial charge in [0.1, 0.15) is 0 Å². The molecule has 76 valence electrons. The van der Waals surface area contributed by atoms with Crippen LogP contribution in [0, 0.1) is 17.8 Å². The Hall–Kier alpha value is -0.480. The summed E-state index contributed by atoms with van der Waals surface area (Å²) in [6.07, 6.45) is 3.48. The van der Waals surface area contributed by atoms with Crippen LogP contribution in [0.1, 0.15) is 47.0 Å². The smallest absolute Gasteiger partial charge is 0.0115 e. The number of rotatable bonds is 6. The lowest BCUT2D eigenvalue weighted by Gasteiger charge is -2.16. The van der Waals surface area contributed by atoms with Crippen LogP contribution in [-0.2, 0) is 0 Å². The molecular weight excluding hydrogens is 158 g/mol. The Morgan fingerprint density at radius 1 is 1.31 bits per heavy atom. The Kier molecular flexibility index (Phi) is 7.83. The molecule has 1 N–H and O–H groups in total. The first kappa shape index (κ1) is 12.5. The van der Waals surface area contributed by atoms with E-state index in [4.69, 9.17) is 0 Å². The first-order chi connectivity index (χ1) is 6.20. The van der Waals surface area contributed by atoms with E-state index in [-0.39, 0.29) is 0 Å². The van der Waals surface area contributed by atoms with Crippen molar-refractivity contribution in [3.8, 4) is 11.8 Å². The van der Waals surface area contributed by atoms with Gasteiger partial charge in [-0.3, -0.25) is 0 Å². The molecule has 0 aliphatic carbocycles. The highest BCUT2D eigenvalue weighted by atomic mass is 14.9. The molecule has 0 fully saturated rings. The van der Waals surface area contributed by atoms with Crippen LogP contribution in [0.4, 0.5) is 0 Å². The van der Waals surface area contributed by atoms with Gasteiger partial charge in [0.15, 0.2) is 0 Å². The number of hydrogen-bond acceptors (Lipinski definition) is 1. The third-order valence-electron chi connectivity index (χ3n) is 2.13. The minimum absolute atomic E-state index is 0.633. The van der Waals surface area contributed by atoms with Gasteiger partial charge in [0, 0.05) is 12.5 Å². The Bertz CT molecular complexity index is 164. The SMILES string of the molecule is CC#CCC(C)CC(C)NCCC. The molecule has 1 heteroatoms. The van der Waals surface area contributed by atoms with Gasteiger partial charge in [0.2, 0.25) is 0 Å². The van der Waals surface area contributed by atoms with Crippen molar-refractivity contribution < 1.29 is 0 Å². The molecule has 0 aromatic rings. The quantitative estimate of drug-likeness (QED) is 0.621. The summed E-state index contributed by atoms with van der Waals surface area (Å²) in [7, 11) is 0. The van der Waals surface area contributed by atoms with Crippen molar-refractivity contribution in [2.24, 2.45) is 5.92 Å². The largest absolute Gasteiger partial charge is 0.314 e. The molecule has 0 aromatic carbocycles. The second-order valence-electron chi connectivity index (χ2n) is 3.83.